The summed E-state index contributed by atoms with van der Waals surface area (Å²) < 4.78 is 6.00. The lowest BCUT2D eigenvalue weighted by Crippen LogP contribution is -2.04. The Morgan fingerprint density at radius 1 is 0.533 bits per heavy atom. The molecule has 2 heteroatoms. The van der Waals surface area contributed by atoms with E-state index in [2.05, 4.69) is 91.9 Å². The molecule has 0 radical (unpaired) electrons. The quantitative estimate of drug-likeness (QED) is 0.200. The molecule has 0 saturated heterocycles. The standard InChI is InChI=1S/C28H35OS/c1-2-3-4-5-6-7-8-15-24-29-25-20-22-28(23-21-25)30(26-16-11-9-12-17-26)27-18-13-10-14-19-27/h9-14,16-23H,2-8,15,24H2,1H3/q+1. The Labute approximate surface area is 185 Å². The number of rotatable bonds is 13. The number of hydrogen-bond donors (Lipinski definition) is 0. The minimum atomic E-state index is -0.0923. The van der Waals surface area contributed by atoms with E-state index < -0.39 is 0 Å². The van der Waals surface area contributed by atoms with E-state index in [1.807, 2.05) is 0 Å². The van der Waals surface area contributed by atoms with Crippen LogP contribution in [0.1, 0.15) is 58.3 Å². The van der Waals surface area contributed by atoms with E-state index in [1.165, 1.54) is 59.6 Å². The highest BCUT2D eigenvalue weighted by molar-refractivity contribution is 7.97. The molecule has 0 fully saturated rings. The Morgan fingerprint density at radius 2 is 1.00 bits per heavy atom. The second-order valence-corrected chi connectivity index (χ2v) is 9.75. The lowest BCUT2D eigenvalue weighted by molar-refractivity contribution is 0.304. The van der Waals surface area contributed by atoms with Crippen LogP contribution in [0.3, 0.4) is 0 Å². The van der Waals surface area contributed by atoms with Crippen LogP contribution >= 0.6 is 0 Å². The summed E-state index contributed by atoms with van der Waals surface area (Å²) in [4.78, 5) is 4.01. The summed E-state index contributed by atoms with van der Waals surface area (Å²) in [5.74, 6) is 0.978. The first-order chi connectivity index (χ1) is 14.9. The topological polar surface area (TPSA) is 9.23 Å². The van der Waals surface area contributed by atoms with Gasteiger partial charge in [0.1, 0.15) is 5.75 Å². The molecular formula is C28H35OS+. The van der Waals surface area contributed by atoms with Crippen molar-refractivity contribution in [1.82, 2.24) is 0 Å². The molecule has 158 valence electrons. The van der Waals surface area contributed by atoms with Crippen LogP contribution in [0.4, 0.5) is 0 Å². The van der Waals surface area contributed by atoms with Crippen LogP contribution < -0.4 is 4.74 Å². The molecule has 0 heterocycles. The van der Waals surface area contributed by atoms with Crippen LogP contribution in [0.5, 0.6) is 5.75 Å². The van der Waals surface area contributed by atoms with Gasteiger partial charge in [0, 0.05) is 0 Å². The van der Waals surface area contributed by atoms with Gasteiger partial charge in [-0.2, -0.15) is 0 Å². The largest absolute Gasteiger partial charge is 0.494 e. The number of unbranched alkanes of at least 4 members (excludes halogenated alkanes) is 7. The van der Waals surface area contributed by atoms with Gasteiger partial charge in [-0.15, -0.1) is 0 Å². The molecular weight excluding hydrogens is 384 g/mol. The van der Waals surface area contributed by atoms with Crippen LogP contribution in [0, 0.1) is 0 Å². The maximum absolute atomic E-state index is 6.00. The summed E-state index contributed by atoms with van der Waals surface area (Å²) >= 11 is 0. The third kappa shape index (κ3) is 7.25. The van der Waals surface area contributed by atoms with Crippen molar-refractivity contribution in [1.29, 1.82) is 0 Å². The summed E-state index contributed by atoms with van der Waals surface area (Å²) in [6, 6.07) is 30.3. The van der Waals surface area contributed by atoms with Crippen molar-refractivity contribution in [2.24, 2.45) is 0 Å². The van der Waals surface area contributed by atoms with Crippen molar-refractivity contribution in [3.63, 3.8) is 0 Å². The van der Waals surface area contributed by atoms with Gasteiger partial charge in [-0.1, -0.05) is 88.3 Å². The zero-order valence-electron chi connectivity index (χ0n) is 18.3. The maximum Gasteiger partial charge on any atom is 0.166 e. The molecule has 0 amide bonds. The minimum Gasteiger partial charge on any atom is -0.494 e. The van der Waals surface area contributed by atoms with E-state index in [9.17, 15) is 0 Å². The van der Waals surface area contributed by atoms with Crippen LogP contribution in [-0.4, -0.2) is 6.61 Å². The lowest BCUT2D eigenvalue weighted by Gasteiger charge is -2.09. The number of ether oxygens (including phenoxy) is 1. The van der Waals surface area contributed by atoms with Crippen LogP contribution in [0.15, 0.2) is 99.6 Å². The van der Waals surface area contributed by atoms with Gasteiger partial charge in [0.15, 0.2) is 14.7 Å². The SMILES string of the molecule is CCCCCCCCCCOc1ccc([S+](c2ccccc2)c2ccccc2)cc1. The Morgan fingerprint density at radius 3 is 1.53 bits per heavy atom. The number of hydrogen-bond acceptors (Lipinski definition) is 1. The summed E-state index contributed by atoms with van der Waals surface area (Å²) in [5, 5.41) is 0. The first-order valence-electron chi connectivity index (χ1n) is 11.5. The molecule has 1 nitrogen and oxygen atoms in total. The van der Waals surface area contributed by atoms with E-state index in [1.54, 1.807) is 0 Å². The first kappa shape index (κ1) is 22.5. The van der Waals surface area contributed by atoms with E-state index in [4.69, 9.17) is 4.74 Å². The van der Waals surface area contributed by atoms with Crippen molar-refractivity contribution in [3.05, 3.63) is 84.9 Å². The maximum atomic E-state index is 6.00. The van der Waals surface area contributed by atoms with Crippen LogP contribution in [0.25, 0.3) is 0 Å². The molecule has 0 aliphatic rings. The van der Waals surface area contributed by atoms with Crippen LogP contribution in [0.2, 0.25) is 0 Å². The van der Waals surface area contributed by atoms with Crippen molar-refractivity contribution < 1.29 is 4.74 Å². The summed E-state index contributed by atoms with van der Waals surface area (Å²) in [7, 11) is -0.0923. The molecule has 0 saturated carbocycles. The zero-order chi connectivity index (χ0) is 20.9. The molecule has 0 spiro atoms. The predicted octanol–water partition coefficient (Wildman–Crippen LogP) is 8.30. The van der Waals surface area contributed by atoms with Gasteiger partial charge in [-0.3, -0.25) is 0 Å². The highest BCUT2D eigenvalue weighted by atomic mass is 32.2. The molecule has 3 rings (SSSR count). The average molecular weight is 420 g/mol. The summed E-state index contributed by atoms with van der Waals surface area (Å²) in [6.07, 6.45) is 10.6. The smallest absolute Gasteiger partial charge is 0.166 e. The second kappa shape index (κ2) is 13.2. The summed E-state index contributed by atoms with van der Waals surface area (Å²) in [5.41, 5.74) is 0. The normalized spacial score (nSPS) is 11.0. The average Bonchev–Trinajstić information content (AvgIpc) is 2.81. The minimum absolute atomic E-state index is 0.0923. The fourth-order valence-electron chi connectivity index (χ4n) is 3.62. The van der Waals surface area contributed by atoms with Gasteiger partial charge in [-0.05, 0) is 55.0 Å². The van der Waals surface area contributed by atoms with Gasteiger partial charge in [-0.25, -0.2) is 0 Å². The highest BCUT2D eigenvalue weighted by Crippen LogP contribution is 2.31. The van der Waals surface area contributed by atoms with Crippen LogP contribution in [-0.2, 0) is 10.9 Å². The Kier molecular flexibility index (Phi) is 9.88. The first-order valence-corrected chi connectivity index (χ1v) is 12.7. The monoisotopic (exact) mass is 419 g/mol. The fraction of sp³-hybridized carbons (Fsp3) is 0.357. The van der Waals surface area contributed by atoms with Gasteiger partial charge in [0.25, 0.3) is 0 Å². The highest BCUT2D eigenvalue weighted by Gasteiger charge is 2.28. The molecule has 3 aromatic carbocycles. The van der Waals surface area contributed by atoms with E-state index in [0.717, 1.165) is 18.8 Å². The van der Waals surface area contributed by atoms with Crippen molar-refractivity contribution in [2.45, 2.75) is 73.0 Å². The van der Waals surface area contributed by atoms with Gasteiger partial charge in [0.2, 0.25) is 0 Å². The molecule has 0 bridgehead atoms. The van der Waals surface area contributed by atoms with E-state index in [-0.39, 0.29) is 10.9 Å². The second-order valence-electron chi connectivity index (χ2n) is 7.73. The molecule has 0 unspecified atom stereocenters. The Balaban J connectivity index is 1.52. The summed E-state index contributed by atoms with van der Waals surface area (Å²) in [6.45, 7) is 3.09. The molecule has 0 atom stereocenters. The van der Waals surface area contributed by atoms with Gasteiger partial charge in [0.05, 0.1) is 17.5 Å². The molecule has 0 aromatic heterocycles. The molecule has 3 aromatic rings. The van der Waals surface area contributed by atoms with E-state index >= 15 is 0 Å². The lowest BCUT2D eigenvalue weighted by atomic mass is 10.1. The van der Waals surface area contributed by atoms with Gasteiger partial charge < -0.3 is 4.74 Å². The van der Waals surface area contributed by atoms with Crippen molar-refractivity contribution in [3.8, 4) is 5.75 Å². The Hall–Kier alpha value is -2.19. The third-order valence-corrected chi connectivity index (χ3v) is 7.51. The van der Waals surface area contributed by atoms with E-state index in [0.29, 0.717) is 0 Å². The molecule has 30 heavy (non-hydrogen) atoms. The molecule has 0 aliphatic carbocycles. The number of benzene rings is 3. The van der Waals surface area contributed by atoms with Gasteiger partial charge >= 0.3 is 0 Å². The third-order valence-electron chi connectivity index (χ3n) is 5.28. The fourth-order valence-corrected chi connectivity index (χ4v) is 5.70. The van der Waals surface area contributed by atoms with Crippen molar-refractivity contribution >= 4 is 10.9 Å². The Bertz CT molecular complexity index is 775. The predicted molar refractivity (Wildman–Crippen MR) is 130 cm³/mol. The van der Waals surface area contributed by atoms with Crippen molar-refractivity contribution in [2.75, 3.05) is 6.61 Å². The molecule has 0 aliphatic heterocycles. The zero-order valence-corrected chi connectivity index (χ0v) is 19.1. The molecule has 0 N–H and O–H groups in total.